The number of nitrogens with one attached hydrogen (secondary N) is 3. The fourth-order valence-electron chi connectivity index (χ4n) is 4.64. The van der Waals surface area contributed by atoms with E-state index in [-0.39, 0.29) is 40.1 Å². The van der Waals surface area contributed by atoms with Gasteiger partial charge in [-0.05, 0) is 92.4 Å². The first-order valence-electron chi connectivity index (χ1n) is 14.4. The van der Waals surface area contributed by atoms with E-state index < -0.39 is 33.7 Å². The maximum absolute atomic E-state index is 15.3. The molecular formula is C32H36FN5O6S. The molecule has 1 heterocycles. The molecule has 0 spiro atoms. The molecule has 11 nitrogen and oxygen atoms in total. The number of benzene rings is 3. The van der Waals surface area contributed by atoms with Gasteiger partial charge in [0.2, 0.25) is 5.91 Å². The molecule has 1 aromatic heterocycles. The molecule has 4 rings (SSSR count). The van der Waals surface area contributed by atoms with Crippen LogP contribution in [0.2, 0.25) is 0 Å². The number of carbonyl (C=O) groups excluding carboxylic acids is 2. The Bertz CT molecular complexity index is 1820. The van der Waals surface area contributed by atoms with Crippen molar-refractivity contribution in [1.82, 2.24) is 10.3 Å². The fourth-order valence-corrected chi connectivity index (χ4v) is 5.76. The quantitative estimate of drug-likeness (QED) is 0.155. The Morgan fingerprint density at radius 3 is 2.47 bits per heavy atom. The third kappa shape index (κ3) is 8.18. The first kappa shape index (κ1) is 33.0. The molecule has 3 aromatic carbocycles. The van der Waals surface area contributed by atoms with E-state index in [1.54, 1.807) is 51.2 Å². The summed E-state index contributed by atoms with van der Waals surface area (Å²) in [7, 11) is -3.71. The molecule has 0 bridgehead atoms. The summed E-state index contributed by atoms with van der Waals surface area (Å²) < 4.78 is 51.8. The molecule has 0 saturated carbocycles. The number of carbonyl (C=O) groups is 2. The van der Waals surface area contributed by atoms with Crippen LogP contribution in [0.1, 0.15) is 44.9 Å². The predicted molar refractivity (Wildman–Crippen MR) is 171 cm³/mol. The number of nitrogen functional groups attached to an aromatic ring is 1. The lowest BCUT2D eigenvalue weighted by molar-refractivity contribution is -0.122. The summed E-state index contributed by atoms with van der Waals surface area (Å²) in [6.07, 6.45) is 0.476. The fraction of sp³-hybridized carbons (Fsp3) is 0.281. The minimum Gasteiger partial charge on any atom is -0.494 e. The van der Waals surface area contributed by atoms with Gasteiger partial charge in [-0.25, -0.2) is 22.6 Å². The summed E-state index contributed by atoms with van der Waals surface area (Å²) in [4.78, 5) is 30.1. The molecule has 1 unspecified atom stereocenters. The van der Waals surface area contributed by atoms with Crippen LogP contribution in [0.4, 0.5) is 26.4 Å². The van der Waals surface area contributed by atoms with Gasteiger partial charge in [-0.1, -0.05) is 6.92 Å². The molecule has 0 radical (unpaired) electrons. The van der Waals surface area contributed by atoms with E-state index in [2.05, 4.69) is 20.9 Å². The highest BCUT2D eigenvalue weighted by Crippen LogP contribution is 2.30. The smallest absolute Gasteiger partial charge is 0.411 e. The number of anilines is 3. The highest BCUT2D eigenvalue weighted by atomic mass is 32.2. The standard InChI is InChI=1S/C32H36FN5O6S/c1-5-43-24-9-11-27(33)26(17-24)29(37-22-7-10-25-20(15-22)13-14-35-30(25)34)31(39)36-18-21-16-23(38-32(40)44-19(3)4)8-12-28(21)45(41,42)6-2/h7-17,19,29,37H,5-6,18H2,1-4H3,(H2,34,35)(H,36,39)(H,38,40). The Labute approximate surface area is 261 Å². The third-order valence-corrected chi connectivity index (χ3v) is 8.60. The van der Waals surface area contributed by atoms with Crippen LogP contribution < -0.4 is 26.4 Å². The average Bonchev–Trinajstić information content (AvgIpc) is 2.99. The molecule has 0 aliphatic heterocycles. The highest BCUT2D eigenvalue weighted by molar-refractivity contribution is 7.91. The minimum absolute atomic E-state index is 0.0113. The van der Waals surface area contributed by atoms with E-state index in [0.29, 0.717) is 29.2 Å². The molecule has 1 atom stereocenters. The molecule has 4 aromatic rings. The Kier molecular flexibility index (Phi) is 10.4. The zero-order chi connectivity index (χ0) is 32.7. The second-order valence-corrected chi connectivity index (χ2v) is 12.6. The predicted octanol–water partition coefficient (Wildman–Crippen LogP) is 5.57. The largest absolute Gasteiger partial charge is 0.494 e. The van der Waals surface area contributed by atoms with Crippen LogP contribution in [-0.4, -0.2) is 43.9 Å². The van der Waals surface area contributed by atoms with Gasteiger partial charge in [-0.15, -0.1) is 0 Å². The summed E-state index contributed by atoms with van der Waals surface area (Å²) in [5, 5.41) is 9.88. The van der Waals surface area contributed by atoms with E-state index in [1.165, 1.54) is 43.3 Å². The lowest BCUT2D eigenvalue weighted by Crippen LogP contribution is -2.34. The number of pyridine rings is 1. The summed E-state index contributed by atoms with van der Waals surface area (Å²) >= 11 is 0. The van der Waals surface area contributed by atoms with Crippen molar-refractivity contribution in [2.75, 3.05) is 28.7 Å². The zero-order valence-electron chi connectivity index (χ0n) is 25.4. The van der Waals surface area contributed by atoms with E-state index in [1.807, 2.05) is 0 Å². The summed E-state index contributed by atoms with van der Waals surface area (Å²) in [5.41, 5.74) is 7.00. The van der Waals surface area contributed by atoms with Gasteiger partial charge in [0, 0.05) is 35.1 Å². The lowest BCUT2D eigenvalue weighted by Gasteiger charge is -2.22. The van der Waals surface area contributed by atoms with Crippen LogP contribution in [0.5, 0.6) is 5.75 Å². The Hall–Kier alpha value is -4.91. The minimum atomic E-state index is -3.71. The molecule has 0 aliphatic carbocycles. The van der Waals surface area contributed by atoms with E-state index in [0.717, 1.165) is 5.39 Å². The van der Waals surface area contributed by atoms with E-state index in [9.17, 15) is 18.0 Å². The van der Waals surface area contributed by atoms with Crippen molar-refractivity contribution in [3.63, 3.8) is 0 Å². The van der Waals surface area contributed by atoms with Gasteiger partial charge >= 0.3 is 6.09 Å². The van der Waals surface area contributed by atoms with Crippen molar-refractivity contribution in [2.45, 2.75) is 51.3 Å². The van der Waals surface area contributed by atoms with Gasteiger partial charge in [0.05, 0.1) is 23.4 Å². The summed E-state index contributed by atoms with van der Waals surface area (Å²) in [5.74, 6) is -0.763. The van der Waals surface area contributed by atoms with Crippen molar-refractivity contribution in [3.8, 4) is 5.75 Å². The van der Waals surface area contributed by atoms with Crippen molar-refractivity contribution < 1.29 is 31.9 Å². The Morgan fingerprint density at radius 2 is 1.76 bits per heavy atom. The SMILES string of the molecule is CCOc1ccc(F)c(C(Nc2ccc3c(N)nccc3c2)C(=O)NCc2cc(NC(=O)OC(C)C)ccc2S(=O)(=O)CC)c1. The van der Waals surface area contributed by atoms with Crippen LogP contribution in [0.25, 0.3) is 10.8 Å². The number of ether oxygens (including phenoxy) is 2. The molecule has 0 fully saturated rings. The van der Waals surface area contributed by atoms with Crippen molar-refractivity contribution in [2.24, 2.45) is 0 Å². The number of hydrogen-bond donors (Lipinski definition) is 4. The first-order chi connectivity index (χ1) is 21.4. The number of sulfone groups is 1. The molecule has 0 aliphatic rings. The van der Waals surface area contributed by atoms with Crippen LogP contribution in [0.15, 0.2) is 71.8 Å². The Balaban J connectivity index is 1.69. The van der Waals surface area contributed by atoms with Gasteiger partial charge in [-0.2, -0.15) is 0 Å². The van der Waals surface area contributed by atoms with E-state index >= 15 is 4.39 Å². The van der Waals surface area contributed by atoms with Gasteiger partial charge in [0.15, 0.2) is 9.84 Å². The van der Waals surface area contributed by atoms with Crippen LogP contribution in [-0.2, 0) is 25.9 Å². The molecular weight excluding hydrogens is 601 g/mol. The molecule has 5 N–H and O–H groups in total. The zero-order valence-corrected chi connectivity index (χ0v) is 26.2. The number of nitrogens with zero attached hydrogens (tertiary/aromatic N) is 1. The van der Waals surface area contributed by atoms with E-state index in [4.69, 9.17) is 15.2 Å². The number of halogens is 1. The van der Waals surface area contributed by atoms with Crippen LogP contribution in [0, 0.1) is 5.82 Å². The molecule has 238 valence electrons. The Morgan fingerprint density at radius 1 is 1.00 bits per heavy atom. The van der Waals surface area contributed by atoms with Gasteiger partial charge in [0.1, 0.15) is 23.4 Å². The summed E-state index contributed by atoms with van der Waals surface area (Å²) in [6.45, 7) is 6.77. The van der Waals surface area contributed by atoms with Gasteiger partial charge in [-0.3, -0.25) is 10.1 Å². The lowest BCUT2D eigenvalue weighted by atomic mass is 10.0. The average molecular weight is 638 g/mol. The number of fused-ring (bicyclic) bond motifs is 1. The maximum Gasteiger partial charge on any atom is 0.411 e. The molecule has 0 saturated heterocycles. The topological polar surface area (TPSA) is 162 Å². The monoisotopic (exact) mass is 637 g/mol. The highest BCUT2D eigenvalue weighted by Gasteiger charge is 2.26. The van der Waals surface area contributed by atoms with Crippen LogP contribution in [0.3, 0.4) is 0 Å². The molecule has 45 heavy (non-hydrogen) atoms. The van der Waals surface area contributed by atoms with Crippen molar-refractivity contribution >= 4 is 49.8 Å². The van der Waals surface area contributed by atoms with Crippen LogP contribution >= 0.6 is 0 Å². The first-order valence-corrected chi connectivity index (χ1v) is 16.0. The third-order valence-electron chi connectivity index (χ3n) is 6.78. The number of rotatable bonds is 12. The van der Waals surface area contributed by atoms with Crippen molar-refractivity contribution in [1.29, 1.82) is 0 Å². The number of amides is 2. The normalized spacial score (nSPS) is 12.0. The molecule has 2 amide bonds. The van der Waals surface area contributed by atoms with Crippen molar-refractivity contribution in [3.05, 3.63) is 83.8 Å². The molecule has 13 heteroatoms. The second kappa shape index (κ2) is 14.2. The number of hydrogen-bond acceptors (Lipinski definition) is 9. The maximum atomic E-state index is 15.3. The number of aromatic nitrogens is 1. The van der Waals surface area contributed by atoms with Gasteiger partial charge < -0.3 is 25.8 Å². The second-order valence-electron chi connectivity index (χ2n) is 10.3. The van der Waals surface area contributed by atoms with Gasteiger partial charge in [0.25, 0.3) is 0 Å². The number of nitrogens with two attached hydrogens (primary N) is 1. The summed E-state index contributed by atoms with van der Waals surface area (Å²) in [6, 6.07) is 14.1.